The average Bonchev–Trinajstić information content (AvgIpc) is 3.25. The van der Waals surface area contributed by atoms with Crippen molar-refractivity contribution >= 4 is 18.0 Å². The molecular formula is C22H19NO4. The van der Waals surface area contributed by atoms with Crippen LogP contribution in [0.5, 0.6) is 0 Å². The molecule has 0 saturated heterocycles. The SMILES string of the molecule is COC(=O)c1ccc(/C=C/C(=O)N[C@@H](c2ccccc2)c2ccco2)cc1. The first-order valence-corrected chi connectivity index (χ1v) is 8.42. The molecule has 0 spiro atoms. The molecule has 0 aliphatic heterocycles. The van der Waals surface area contributed by atoms with Crippen LogP contribution in [-0.2, 0) is 9.53 Å². The number of nitrogens with one attached hydrogen (secondary N) is 1. The Hall–Kier alpha value is -3.60. The van der Waals surface area contributed by atoms with Crippen molar-refractivity contribution < 1.29 is 18.7 Å². The fraction of sp³-hybridized carbons (Fsp3) is 0.0909. The summed E-state index contributed by atoms with van der Waals surface area (Å²) in [7, 11) is 1.34. The Bertz CT molecular complexity index is 913. The molecule has 1 atom stereocenters. The third-order valence-corrected chi connectivity index (χ3v) is 4.01. The molecule has 0 fully saturated rings. The lowest BCUT2D eigenvalue weighted by atomic mass is 10.0. The number of hydrogen-bond acceptors (Lipinski definition) is 4. The van der Waals surface area contributed by atoms with Crippen molar-refractivity contribution in [1.29, 1.82) is 0 Å². The van der Waals surface area contributed by atoms with Crippen LogP contribution in [0.4, 0.5) is 0 Å². The van der Waals surface area contributed by atoms with Crippen LogP contribution < -0.4 is 5.32 Å². The van der Waals surface area contributed by atoms with Gasteiger partial charge in [-0.15, -0.1) is 0 Å². The third-order valence-electron chi connectivity index (χ3n) is 4.01. The minimum atomic E-state index is -0.396. The van der Waals surface area contributed by atoms with Crippen LogP contribution in [0, 0.1) is 0 Å². The summed E-state index contributed by atoms with van der Waals surface area (Å²) in [4.78, 5) is 23.8. The molecule has 2 aromatic carbocycles. The van der Waals surface area contributed by atoms with Gasteiger partial charge in [0, 0.05) is 6.08 Å². The van der Waals surface area contributed by atoms with E-state index in [1.54, 1.807) is 42.7 Å². The fourth-order valence-corrected chi connectivity index (χ4v) is 2.63. The fourth-order valence-electron chi connectivity index (χ4n) is 2.63. The standard InChI is InChI=1S/C22H19NO4/c1-26-22(25)18-12-9-16(10-13-18)11-14-20(24)23-21(19-8-5-15-27-19)17-6-3-2-4-7-17/h2-15,21H,1H3,(H,23,24)/b14-11+/t21-/m0/s1. The number of esters is 1. The van der Waals surface area contributed by atoms with Gasteiger partial charge in [-0.25, -0.2) is 4.79 Å². The zero-order chi connectivity index (χ0) is 19.1. The van der Waals surface area contributed by atoms with Gasteiger partial charge in [0.15, 0.2) is 0 Å². The minimum Gasteiger partial charge on any atom is -0.467 e. The van der Waals surface area contributed by atoms with Crippen LogP contribution >= 0.6 is 0 Å². The predicted octanol–water partition coefficient (Wildman–Crippen LogP) is 3.99. The van der Waals surface area contributed by atoms with Crippen molar-refractivity contribution in [2.75, 3.05) is 7.11 Å². The molecule has 0 unspecified atom stereocenters. The zero-order valence-corrected chi connectivity index (χ0v) is 14.8. The lowest BCUT2D eigenvalue weighted by molar-refractivity contribution is -0.117. The van der Waals surface area contributed by atoms with E-state index in [0.29, 0.717) is 11.3 Å². The number of hydrogen-bond donors (Lipinski definition) is 1. The first-order chi connectivity index (χ1) is 13.2. The van der Waals surface area contributed by atoms with Gasteiger partial charge in [-0.1, -0.05) is 42.5 Å². The van der Waals surface area contributed by atoms with Gasteiger partial charge in [0.25, 0.3) is 0 Å². The Labute approximate surface area is 157 Å². The molecule has 3 aromatic rings. The van der Waals surface area contributed by atoms with Gasteiger partial charge >= 0.3 is 5.97 Å². The molecule has 0 radical (unpaired) electrons. The highest BCUT2D eigenvalue weighted by atomic mass is 16.5. The van der Waals surface area contributed by atoms with Crippen molar-refractivity contribution in [2.24, 2.45) is 0 Å². The van der Waals surface area contributed by atoms with Gasteiger partial charge < -0.3 is 14.5 Å². The molecule has 5 heteroatoms. The number of benzene rings is 2. The van der Waals surface area contributed by atoms with Crippen LogP contribution in [0.3, 0.4) is 0 Å². The van der Waals surface area contributed by atoms with Crippen LogP contribution in [0.25, 0.3) is 6.08 Å². The van der Waals surface area contributed by atoms with E-state index >= 15 is 0 Å². The maximum Gasteiger partial charge on any atom is 0.337 e. The van der Waals surface area contributed by atoms with Crippen LogP contribution in [-0.4, -0.2) is 19.0 Å². The molecule has 0 bridgehead atoms. The smallest absolute Gasteiger partial charge is 0.337 e. The Morgan fingerprint density at radius 2 is 1.74 bits per heavy atom. The molecule has 27 heavy (non-hydrogen) atoms. The molecule has 1 amide bonds. The molecule has 1 N–H and O–H groups in total. The maximum atomic E-state index is 12.4. The van der Waals surface area contributed by atoms with Gasteiger partial charge in [-0.2, -0.15) is 0 Å². The van der Waals surface area contributed by atoms with Gasteiger partial charge in [0.05, 0.1) is 18.9 Å². The van der Waals surface area contributed by atoms with E-state index in [2.05, 4.69) is 10.1 Å². The van der Waals surface area contributed by atoms with Crippen LogP contribution in [0.1, 0.15) is 33.3 Å². The molecule has 0 saturated carbocycles. The molecule has 5 nitrogen and oxygen atoms in total. The second-order valence-electron chi connectivity index (χ2n) is 5.81. The Morgan fingerprint density at radius 3 is 2.37 bits per heavy atom. The average molecular weight is 361 g/mol. The summed E-state index contributed by atoms with van der Waals surface area (Å²) in [5.41, 5.74) is 2.18. The van der Waals surface area contributed by atoms with E-state index in [0.717, 1.165) is 11.1 Å². The van der Waals surface area contributed by atoms with Gasteiger partial charge in [0.2, 0.25) is 5.91 Å². The normalized spacial score (nSPS) is 11.9. The zero-order valence-electron chi connectivity index (χ0n) is 14.8. The topological polar surface area (TPSA) is 68.5 Å². The number of carbonyl (C=O) groups is 2. The van der Waals surface area contributed by atoms with Crippen LogP contribution in [0.2, 0.25) is 0 Å². The van der Waals surface area contributed by atoms with Crippen molar-refractivity contribution in [3.05, 3.63) is 102 Å². The van der Waals surface area contributed by atoms with Gasteiger partial charge in [-0.05, 0) is 41.5 Å². The quantitative estimate of drug-likeness (QED) is 0.532. The van der Waals surface area contributed by atoms with Gasteiger partial charge in [0.1, 0.15) is 11.8 Å². The molecule has 1 heterocycles. The number of furan rings is 1. The summed E-state index contributed by atoms with van der Waals surface area (Å²) in [6.45, 7) is 0. The highest BCUT2D eigenvalue weighted by Crippen LogP contribution is 2.22. The monoisotopic (exact) mass is 361 g/mol. The Balaban J connectivity index is 1.71. The second kappa shape index (κ2) is 8.67. The third kappa shape index (κ3) is 4.73. The number of methoxy groups -OCH3 is 1. The molecule has 0 aliphatic carbocycles. The lowest BCUT2D eigenvalue weighted by Gasteiger charge is -2.16. The Kier molecular flexibility index (Phi) is 5.84. The number of amides is 1. The van der Waals surface area contributed by atoms with Crippen molar-refractivity contribution in [1.82, 2.24) is 5.32 Å². The van der Waals surface area contributed by atoms with Crippen molar-refractivity contribution in [3.8, 4) is 0 Å². The molecule has 136 valence electrons. The maximum absolute atomic E-state index is 12.4. The van der Waals surface area contributed by atoms with E-state index in [9.17, 15) is 9.59 Å². The number of ether oxygens (including phenoxy) is 1. The summed E-state index contributed by atoms with van der Waals surface area (Å²) < 4.78 is 10.1. The predicted molar refractivity (Wildman–Crippen MR) is 102 cm³/mol. The largest absolute Gasteiger partial charge is 0.467 e. The molecular weight excluding hydrogens is 342 g/mol. The summed E-state index contributed by atoms with van der Waals surface area (Å²) in [5.74, 6) is 0.00935. The molecule has 3 rings (SSSR count). The number of rotatable bonds is 6. The van der Waals surface area contributed by atoms with E-state index in [4.69, 9.17) is 4.42 Å². The first kappa shape index (κ1) is 18.2. The summed E-state index contributed by atoms with van der Waals surface area (Å²) in [6, 6.07) is 19.6. The van der Waals surface area contributed by atoms with Crippen LogP contribution in [0.15, 0.2) is 83.5 Å². The first-order valence-electron chi connectivity index (χ1n) is 8.42. The second-order valence-corrected chi connectivity index (χ2v) is 5.81. The van der Waals surface area contributed by atoms with Crippen molar-refractivity contribution in [3.63, 3.8) is 0 Å². The summed E-state index contributed by atoms with van der Waals surface area (Å²) in [5, 5.41) is 2.95. The number of carbonyl (C=O) groups excluding carboxylic acids is 2. The Morgan fingerprint density at radius 1 is 1.00 bits per heavy atom. The highest BCUT2D eigenvalue weighted by Gasteiger charge is 2.18. The van der Waals surface area contributed by atoms with Crippen molar-refractivity contribution in [2.45, 2.75) is 6.04 Å². The van der Waals surface area contributed by atoms with E-state index < -0.39 is 5.97 Å². The van der Waals surface area contributed by atoms with E-state index in [1.165, 1.54) is 13.2 Å². The lowest BCUT2D eigenvalue weighted by Crippen LogP contribution is -2.27. The minimum absolute atomic E-state index is 0.253. The molecule has 0 aliphatic rings. The van der Waals surface area contributed by atoms with Gasteiger partial charge in [-0.3, -0.25) is 4.79 Å². The van der Waals surface area contributed by atoms with E-state index in [1.807, 2.05) is 36.4 Å². The van der Waals surface area contributed by atoms with E-state index in [-0.39, 0.29) is 11.9 Å². The molecule has 1 aromatic heterocycles. The summed E-state index contributed by atoms with van der Waals surface area (Å²) in [6.07, 6.45) is 4.71. The summed E-state index contributed by atoms with van der Waals surface area (Å²) >= 11 is 0. The highest BCUT2D eigenvalue weighted by molar-refractivity contribution is 5.93.